The van der Waals surface area contributed by atoms with E-state index in [0.29, 0.717) is 20.6 Å². The van der Waals surface area contributed by atoms with Crippen molar-refractivity contribution in [3.8, 4) is 5.75 Å². The molecule has 0 aromatic heterocycles. The van der Waals surface area contributed by atoms with Crippen LogP contribution >= 0.6 is 35.0 Å². The summed E-state index contributed by atoms with van der Waals surface area (Å²) in [5.41, 5.74) is 0.544. The van der Waals surface area contributed by atoms with Crippen molar-refractivity contribution >= 4 is 45.9 Å². The lowest BCUT2D eigenvalue weighted by Gasteiger charge is -2.06. The van der Waals surface area contributed by atoms with Gasteiger partial charge in [-0.3, -0.25) is 4.79 Å². The second-order valence-electron chi connectivity index (χ2n) is 3.61. The van der Waals surface area contributed by atoms with Gasteiger partial charge in [0.15, 0.2) is 0 Å². The van der Waals surface area contributed by atoms with Crippen molar-refractivity contribution in [2.45, 2.75) is 4.90 Å². The molecule has 19 heavy (non-hydrogen) atoms. The van der Waals surface area contributed by atoms with E-state index < -0.39 is 0 Å². The minimum atomic E-state index is -0.320. The number of nitrogens with one attached hydrogen (secondary N) is 1. The number of halogens is 2. The van der Waals surface area contributed by atoms with Crippen LogP contribution in [0.5, 0.6) is 5.75 Å². The smallest absolute Gasteiger partial charge is 0.288 e. The standard InChI is InChI=1S/C13H9Cl2NO2S/c14-9-6-5-8(7-10(9)15)16-13(18)19-12-4-2-1-3-11(12)17/h1-7,17H,(H,16,18). The molecule has 0 saturated carbocycles. The quantitative estimate of drug-likeness (QED) is 0.765. The third-order valence-corrected chi connectivity index (χ3v) is 3.83. The number of carbonyl (C=O) groups is 1. The molecule has 1 amide bonds. The number of carbonyl (C=O) groups excluding carboxylic acids is 1. The lowest BCUT2D eigenvalue weighted by Crippen LogP contribution is -2.04. The number of hydrogen-bond acceptors (Lipinski definition) is 3. The minimum absolute atomic E-state index is 0.0665. The third-order valence-electron chi connectivity index (χ3n) is 2.23. The van der Waals surface area contributed by atoms with Crippen molar-refractivity contribution < 1.29 is 9.90 Å². The monoisotopic (exact) mass is 313 g/mol. The first-order valence-electron chi connectivity index (χ1n) is 5.28. The Morgan fingerprint density at radius 1 is 1.11 bits per heavy atom. The highest BCUT2D eigenvalue weighted by molar-refractivity contribution is 8.14. The number of phenols is 1. The van der Waals surface area contributed by atoms with Gasteiger partial charge in [-0.2, -0.15) is 0 Å². The van der Waals surface area contributed by atoms with Crippen molar-refractivity contribution in [1.29, 1.82) is 0 Å². The fourth-order valence-electron chi connectivity index (χ4n) is 1.36. The molecule has 2 aromatic carbocycles. The molecular weight excluding hydrogens is 305 g/mol. The average Bonchev–Trinajstić information content (AvgIpc) is 2.37. The lowest BCUT2D eigenvalue weighted by molar-refractivity contribution is 0.269. The van der Waals surface area contributed by atoms with E-state index in [4.69, 9.17) is 23.2 Å². The van der Waals surface area contributed by atoms with Crippen molar-refractivity contribution in [3.05, 3.63) is 52.5 Å². The summed E-state index contributed by atoms with van der Waals surface area (Å²) in [6.07, 6.45) is 0. The summed E-state index contributed by atoms with van der Waals surface area (Å²) in [6.45, 7) is 0. The van der Waals surface area contributed by atoms with E-state index in [-0.39, 0.29) is 11.0 Å². The van der Waals surface area contributed by atoms with Crippen molar-refractivity contribution in [2.24, 2.45) is 0 Å². The number of hydrogen-bond donors (Lipinski definition) is 2. The second kappa shape index (κ2) is 6.19. The van der Waals surface area contributed by atoms with Gasteiger partial charge in [0.05, 0.1) is 14.9 Å². The van der Waals surface area contributed by atoms with Crippen LogP contribution in [0.4, 0.5) is 10.5 Å². The van der Waals surface area contributed by atoms with Crippen LogP contribution < -0.4 is 5.32 Å². The Balaban J connectivity index is 2.05. The summed E-state index contributed by atoms with van der Waals surface area (Å²) in [7, 11) is 0. The largest absolute Gasteiger partial charge is 0.507 e. The Bertz CT molecular complexity index is 619. The predicted molar refractivity (Wildman–Crippen MR) is 79.4 cm³/mol. The highest BCUT2D eigenvalue weighted by atomic mass is 35.5. The van der Waals surface area contributed by atoms with Crippen LogP contribution in [0.1, 0.15) is 0 Å². The van der Waals surface area contributed by atoms with Crippen LogP contribution in [0.2, 0.25) is 10.0 Å². The molecule has 98 valence electrons. The predicted octanol–water partition coefficient (Wildman–Crippen LogP) is 5.02. The molecule has 0 spiro atoms. The van der Waals surface area contributed by atoms with Gasteiger partial charge in [-0.25, -0.2) is 0 Å². The summed E-state index contributed by atoms with van der Waals surface area (Å²) in [5, 5.41) is 12.7. The van der Waals surface area contributed by atoms with Gasteiger partial charge < -0.3 is 10.4 Å². The molecular formula is C13H9Cl2NO2S. The first-order valence-corrected chi connectivity index (χ1v) is 6.85. The van der Waals surface area contributed by atoms with E-state index in [2.05, 4.69) is 5.32 Å². The normalized spacial score (nSPS) is 10.2. The number of aromatic hydroxyl groups is 1. The zero-order chi connectivity index (χ0) is 13.8. The topological polar surface area (TPSA) is 49.3 Å². The van der Waals surface area contributed by atoms with Gasteiger partial charge in [0, 0.05) is 5.69 Å². The summed E-state index contributed by atoms with van der Waals surface area (Å²) < 4.78 is 0. The zero-order valence-electron chi connectivity index (χ0n) is 9.56. The Hall–Kier alpha value is -1.36. The molecule has 0 aliphatic rings. The zero-order valence-corrected chi connectivity index (χ0v) is 11.9. The van der Waals surface area contributed by atoms with Gasteiger partial charge in [0.2, 0.25) is 0 Å². The first kappa shape index (κ1) is 14.1. The van der Waals surface area contributed by atoms with Crippen LogP contribution in [-0.2, 0) is 0 Å². The molecule has 0 heterocycles. The second-order valence-corrected chi connectivity index (χ2v) is 5.44. The fourth-order valence-corrected chi connectivity index (χ4v) is 2.35. The maximum Gasteiger partial charge on any atom is 0.288 e. The number of thioether (sulfide) groups is 1. The summed E-state index contributed by atoms with van der Waals surface area (Å²) in [6, 6.07) is 11.4. The molecule has 3 nitrogen and oxygen atoms in total. The highest BCUT2D eigenvalue weighted by Crippen LogP contribution is 2.30. The maximum absolute atomic E-state index is 11.8. The minimum Gasteiger partial charge on any atom is -0.507 e. The molecule has 0 saturated heterocycles. The van der Waals surface area contributed by atoms with Crippen LogP contribution in [0, 0.1) is 0 Å². The van der Waals surface area contributed by atoms with Gasteiger partial charge in [-0.15, -0.1) is 0 Å². The van der Waals surface area contributed by atoms with E-state index in [1.165, 1.54) is 6.07 Å². The SMILES string of the molecule is O=C(Nc1ccc(Cl)c(Cl)c1)Sc1ccccc1O. The molecule has 6 heteroatoms. The molecule has 0 fully saturated rings. The molecule has 2 rings (SSSR count). The molecule has 2 N–H and O–H groups in total. The van der Waals surface area contributed by atoms with Crippen molar-refractivity contribution in [1.82, 2.24) is 0 Å². The molecule has 2 aromatic rings. The van der Waals surface area contributed by atoms with E-state index in [9.17, 15) is 9.90 Å². The van der Waals surface area contributed by atoms with Crippen LogP contribution in [0.15, 0.2) is 47.4 Å². The fraction of sp³-hybridized carbons (Fsp3) is 0. The lowest BCUT2D eigenvalue weighted by atomic mass is 10.3. The summed E-state index contributed by atoms with van der Waals surface area (Å²) >= 11 is 12.5. The molecule has 0 bridgehead atoms. The van der Waals surface area contributed by atoms with E-state index in [1.807, 2.05) is 0 Å². The average molecular weight is 314 g/mol. The number of amides is 1. The van der Waals surface area contributed by atoms with Gasteiger partial charge >= 0.3 is 0 Å². The molecule has 0 radical (unpaired) electrons. The molecule has 0 aliphatic heterocycles. The van der Waals surface area contributed by atoms with Gasteiger partial charge in [-0.1, -0.05) is 35.3 Å². The number of anilines is 1. The van der Waals surface area contributed by atoms with Gasteiger partial charge in [-0.05, 0) is 42.1 Å². The summed E-state index contributed by atoms with van der Waals surface area (Å²) in [5.74, 6) is 0.0665. The Kier molecular flexibility index (Phi) is 4.58. The first-order chi connectivity index (χ1) is 9.06. The van der Waals surface area contributed by atoms with Gasteiger partial charge in [0.25, 0.3) is 5.24 Å². The van der Waals surface area contributed by atoms with Crippen molar-refractivity contribution in [3.63, 3.8) is 0 Å². The number of rotatable bonds is 2. The van der Waals surface area contributed by atoms with Crippen LogP contribution in [0.3, 0.4) is 0 Å². The maximum atomic E-state index is 11.8. The van der Waals surface area contributed by atoms with E-state index in [1.54, 1.807) is 36.4 Å². The third kappa shape index (κ3) is 3.80. The van der Waals surface area contributed by atoms with Gasteiger partial charge in [0.1, 0.15) is 5.75 Å². The Morgan fingerprint density at radius 3 is 2.53 bits per heavy atom. The van der Waals surface area contributed by atoms with Crippen LogP contribution in [0.25, 0.3) is 0 Å². The Labute approximate surface area is 124 Å². The molecule has 0 unspecified atom stereocenters. The Morgan fingerprint density at radius 2 is 1.84 bits per heavy atom. The van der Waals surface area contributed by atoms with Crippen LogP contribution in [-0.4, -0.2) is 10.3 Å². The van der Waals surface area contributed by atoms with E-state index >= 15 is 0 Å². The number of benzene rings is 2. The molecule has 0 atom stereocenters. The number of para-hydroxylation sites is 1. The van der Waals surface area contributed by atoms with Crippen molar-refractivity contribution in [2.75, 3.05) is 5.32 Å². The van der Waals surface area contributed by atoms with E-state index in [0.717, 1.165) is 11.8 Å². The number of phenolic OH excluding ortho intramolecular Hbond substituents is 1. The highest BCUT2D eigenvalue weighted by Gasteiger charge is 2.09. The molecule has 0 aliphatic carbocycles. The summed E-state index contributed by atoms with van der Waals surface area (Å²) in [4.78, 5) is 12.3.